The first-order valence-electron chi connectivity index (χ1n) is 3.81. The van der Waals surface area contributed by atoms with Gasteiger partial charge < -0.3 is 4.74 Å². The zero-order chi connectivity index (χ0) is 9.84. The minimum absolute atomic E-state index is 0.218. The van der Waals surface area contributed by atoms with Crippen molar-refractivity contribution in [2.24, 2.45) is 0 Å². The van der Waals surface area contributed by atoms with Crippen LogP contribution in [0.2, 0.25) is 0 Å². The Balaban J connectivity index is 2.79. The molecule has 1 heterocycles. The van der Waals surface area contributed by atoms with Crippen LogP contribution < -0.4 is 0 Å². The van der Waals surface area contributed by atoms with Crippen molar-refractivity contribution in [3.63, 3.8) is 0 Å². The van der Waals surface area contributed by atoms with Gasteiger partial charge in [0.2, 0.25) is 0 Å². The van der Waals surface area contributed by atoms with E-state index in [9.17, 15) is 4.79 Å². The fourth-order valence-electron chi connectivity index (χ4n) is 0.856. The highest BCUT2D eigenvalue weighted by Gasteiger charge is 2.05. The smallest absolute Gasteiger partial charge is 0.311 e. The molecule has 1 aromatic rings. The lowest BCUT2D eigenvalue weighted by Gasteiger charge is -2.01. The van der Waals surface area contributed by atoms with Crippen LogP contribution in [0.3, 0.4) is 0 Å². The highest BCUT2D eigenvalue weighted by atomic mass is 79.9. The van der Waals surface area contributed by atoms with Crippen molar-refractivity contribution in [2.45, 2.75) is 13.3 Å². The van der Waals surface area contributed by atoms with Gasteiger partial charge in [0.25, 0.3) is 0 Å². The van der Waals surface area contributed by atoms with Crippen LogP contribution in [0.25, 0.3) is 0 Å². The average Bonchev–Trinajstić information content (AvgIpc) is 2.11. The van der Waals surface area contributed by atoms with Crippen LogP contribution in [0.4, 0.5) is 0 Å². The molecule has 0 aliphatic rings. The van der Waals surface area contributed by atoms with Crippen LogP contribution in [0, 0.1) is 6.92 Å². The van der Waals surface area contributed by atoms with Crippen molar-refractivity contribution in [3.05, 3.63) is 28.0 Å². The molecule has 0 amide bonds. The van der Waals surface area contributed by atoms with Crippen LogP contribution in [0.1, 0.15) is 11.3 Å². The maximum absolute atomic E-state index is 10.9. The van der Waals surface area contributed by atoms with E-state index in [0.717, 1.165) is 10.0 Å². The summed E-state index contributed by atoms with van der Waals surface area (Å²) in [6.45, 7) is 1.94. The van der Waals surface area contributed by atoms with E-state index in [2.05, 4.69) is 25.7 Å². The van der Waals surface area contributed by atoms with Gasteiger partial charge in [-0.3, -0.25) is 9.78 Å². The number of aromatic nitrogens is 1. The van der Waals surface area contributed by atoms with Crippen LogP contribution in [0.5, 0.6) is 0 Å². The van der Waals surface area contributed by atoms with Gasteiger partial charge in [0.05, 0.1) is 19.2 Å². The number of carbonyl (C=O) groups is 1. The summed E-state index contributed by atoms with van der Waals surface area (Å²) in [5.74, 6) is -0.275. The fraction of sp³-hybridized carbons (Fsp3) is 0.333. The van der Waals surface area contributed by atoms with E-state index >= 15 is 0 Å². The normalized spacial score (nSPS) is 9.77. The molecule has 0 aliphatic heterocycles. The summed E-state index contributed by atoms with van der Waals surface area (Å²) in [4.78, 5) is 15.0. The number of esters is 1. The third-order valence-corrected chi connectivity index (χ3v) is 2.50. The summed E-state index contributed by atoms with van der Waals surface area (Å²) in [6, 6.07) is 1.83. The third-order valence-electron chi connectivity index (χ3n) is 1.65. The molecular weight excluding hydrogens is 234 g/mol. The van der Waals surface area contributed by atoms with Gasteiger partial charge in [-0.1, -0.05) is 15.9 Å². The first-order valence-corrected chi connectivity index (χ1v) is 4.60. The van der Waals surface area contributed by atoms with Gasteiger partial charge in [0, 0.05) is 10.7 Å². The number of nitrogens with zero attached hydrogens (tertiary/aromatic N) is 1. The van der Waals surface area contributed by atoms with Crippen molar-refractivity contribution in [1.82, 2.24) is 4.98 Å². The maximum Gasteiger partial charge on any atom is 0.311 e. The minimum atomic E-state index is -0.275. The monoisotopic (exact) mass is 243 g/mol. The molecule has 70 valence electrons. The lowest BCUT2D eigenvalue weighted by atomic mass is 10.2. The number of rotatable bonds is 2. The molecule has 3 nitrogen and oxygen atoms in total. The van der Waals surface area contributed by atoms with E-state index < -0.39 is 0 Å². The number of hydrogen-bond donors (Lipinski definition) is 0. The molecule has 0 saturated carbocycles. The zero-order valence-electron chi connectivity index (χ0n) is 7.50. The highest BCUT2D eigenvalue weighted by Crippen LogP contribution is 2.15. The Hall–Kier alpha value is -0.900. The third kappa shape index (κ3) is 2.81. The van der Waals surface area contributed by atoms with E-state index in [0.29, 0.717) is 5.69 Å². The number of aryl methyl sites for hydroxylation is 1. The van der Waals surface area contributed by atoms with Crippen molar-refractivity contribution >= 4 is 21.9 Å². The Labute approximate surface area is 85.3 Å². The Bertz CT molecular complexity index is 325. The molecule has 13 heavy (non-hydrogen) atoms. The van der Waals surface area contributed by atoms with E-state index in [1.807, 2.05) is 13.0 Å². The molecule has 0 aliphatic carbocycles. The zero-order valence-corrected chi connectivity index (χ0v) is 9.09. The van der Waals surface area contributed by atoms with Crippen molar-refractivity contribution in [1.29, 1.82) is 0 Å². The first kappa shape index (κ1) is 10.2. The molecule has 0 bridgehead atoms. The molecule has 1 rings (SSSR count). The van der Waals surface area contributed by atoms with Gasteiger partial charge in [0.15, 0.2) is 0 Å². The SMILES string of the molecule is COC(=O)Cc1cc(Br)c(C)cn1. The number of methoxy groups -OCH3 is 1. The Morgan fingerprint density at radius 1 is 1.69 bits per heavy atom. The molecule has 1 aromatic heterocycles. The number of pyridine rings is 1. The highest BCUT2D eigenvalue weighted by molar-refractivity contribution is 9.10. The lowest BCUT2D eigenvalue weighted by molar-refractivity contribution is -0.139. The van der Waals surface area contributed by atoms with E-state index in [1.165, 1.54) is 7.11 Å². The van der Waals surface area contributed by atoms with Gasteiger partial charge in [-0.15, -0.1) is 0 Å². The second kappa shape index (κ2) is 4.37. The van der Waals surface area contributed by atoms with Gasteiger partial charge in [-0.2, -0.15) is 0 Å². The van der Waals surface area contributed by atoms with Crippen LogP contribution in [0.15, 0.2) is 16.7 Å². The number of halogens is 1. The quantitative estimate of drug-likeness (QED) is 0.745. The number of carbonyl (C=O) groups excluding carboxylic acids is 1. The van der Waals surface area contributed by atoms with Crippen LogP contribution in [-0.2, 0) is 16.0 Å². The predicted molar refractivity (Wildman–Crippen MR) is 52.4 cm³/mol. The second-order valence-electron chi connectivity index (χ2n) is 2.68. The van der Waals surface area contributed by atoms with Crippen LogP contribution in [-0.4, -0.2) is 18.1 Å². The summed E-state index contributed by atoms with van der Waals surface area (Å²) >= 11 is 3.37. The largest absolute Gasteiger partial charge is 0.469 e. The van der Waals surface area contributed by atoms with Gasteiger partial charge in [-0.25, -0.2) is 0 Å². The molecule has 0 fully saturated rings. The van der Waals surface area contributed by atoms with E-state index in [1.54, 1.807) is 6.20 Å². The van der Waals surface area contributed by atoms with Gasteiger partial charge >= 0.3 is 5.97 Å². The van der Waals surface area contributed by atoms with Crippen molar-refractivity contribution in [2.75, 3.05) is 7.11 Å². The van der Waals surface area contributed by atoms with E-state index in [4.69, 9.17) is 0 Å². The molecule has 0 saturated heterocycles. The molecule has 0 atom stereocenters. The number of hydrogen-bond acceptors (Lipinski definition) is 3. The molecule has 4 heteroatoms. The summed E-state index contributed by atoms with van der Waals surface area (Å²) in [5, 5.41) is 0. The second-order valence-corrected chi connectivity index (χ2v) is 3.53. The number of ether oxygens (including phenoxy) is 1. The van der Waals surface area contributed by atoms with E-state index in [-0.39, 0.29) is 12.4 Å². The minimum Gasteiger partial charge on any atom is -0.469 e. The lowest BCUT2D eigenvalue weighted by Crippen LogP contribution is -2.06. The summed E-state index contributed by atoms with van der Waals surface area (Å²) < 4.78 is 5.49. The van der Waals surface area contributed by atoms with Gasteiger partial charge in [-0.05, 0) is 18.6 Å². The molecule has 0 N–H and O–H groups in total. The summed E-state index contributed by atoms with van der Waals surface area (Å²) in [6.07, 6.45) is 1.94. The Morgan fingerprint density at radius 2 is 2.38 bits per heavy atom. The Kier molecular flexibility index (Phi) is 3.42. The maximum atomic E-state index is 10.9. The summed E-state index contributed by atoms with van der Waals surface area (Å²) in [5.41, 5.74) is 1.76. The molecule has 0 spiro atoms. The summed E-state index contributed by atoms with van der Waals surface area (Å²) in [7, 11) is 1.37. The molecule has 0 unspecified atom stereocenters. The topological polar surface area (TPSA) is 39.2 Å². The fourth-order valence-corrected chi connectivity index (χ4v) is 1.22. The van der Waals surface area contributed by atoms with Crippen LogP contribution >= 0.6 is 15.9 Å². The van der Waals surface area contributed by atoms with Crippen molar-refractivity contribution in [3.8, 4) is 0 Å². The molecular formula is C9H10BrNO2. The van der Waals surface area contributed by atoms with Gasteiger partial charge in [0.1, 0.15) is 0 Å². The Morgan fingerprint density at radius 3 is 2.92 bits per heavy atom. The average molecular weight is 244 g/mol. The van der Waals surface area contributed by atoms with Crippen molar-refractivity contribution < 1.29 is 9.53 Å². The molecule has 0 aromatic carbocycles. The predicted octanol–water partition coefficient (Wildman–Crippen LogP) is 1.87. The standard InChI is InChI=1S/C9H10BrNO2/c1-6-5-11-7(3-8(6)10)4-9(12)13-2/h3,5H,4H2,1-2H3. The molecule has 0 radical (unpaired) electrons. The first-order chi connectivity index (χ1) is 6.13.